The third kappa shape index (κ3) is 42.9. The van der Waals surface area contributed by atoms with Crippen LogP contribution in [0.4, 0.5) is 0 Å². The van der Waals surface area contributed by atoms with E-state index in [1.54, 1.807) is 0 Å². The molecule has 0 bridgehead atoms. The molecule has 0 aliphatic rings. The predicted octanol–water partition coefficient (Wildman–Crippen LogP) is 12.3. The Morgan fingerprint density at radius 3 is 0.837 bits per heavy atom. The first-order valence-electron chi connectivity index (χ1n) is 20.6. The van der Waals surface area contributed by atoms with Crippen molar-refractivity contribution in [2.45, 2.75) is 231 Å². The molecule has 9 heteroatoms. The summed E-state index contributed by atoms with van der Waals surface area (Å²) in [6.07, 6.45) is 44.9. The highest BCUT2D eigenvalue weighted by Crippen LogP contribution is 2.15. The van der Waals surface area contributed by atoms with Crippen molar-refractivity contribution in [2.75, 3.05) is 13.2 Å². The van der Waals surface area contributed by atoms with Gasteiger partial charge in [0.2, 0.25) is 0 Å². The minimum absolute atomic E-state index is 0.997. The van der Waals surface area contributed by atoms with Gasteiger partial charge in [0.05, 0.1) is 6.42 Å². The van der Waals surface area contributed by atoms with E-state index in [4.69, 9.17) is 19.5 Å². The van der Waals surface area contributed by atoms with E-state index >= 15 is 0 Å². The molecule has 0 spiro atoms. The first-order chi connectivity index (χ1) is 23.7. The van der Waals surface area contributed by atoms with Crippen LogP contribution in [0.15, 0.2) is 0 Å². The molecular weight excluding hydrogens is 640 g/mol. The maximum Gasteiger partial charge on any atom is 0.325 e. The zero-order chi connectivity index (χ0) is 36.7. The first-order valence-corrected chi connectivity index (χ1v) is 22.2. The second-order valence-electron chi connectivity index (χ2n) is 14.2. The maximum absolute atomic E-state index is 10.2. The van der Waals surface area contributed by atoms with Crippen LogP contribution >= 0.6 is 0 Å². The highest BCUT2D eigenvalue weighted by Gasteiger charge is 2.33. The molecule has 0 aliphatic heterocycles. The summed E-state index contributed by atoms with van der Waals surface area (Å²) in [5.41, 5.74) is 0. The van der Waals surface area contributed by atoms with Gasteiger partial charge in [-0.2, -0.15) is 8.42 Å². The number of rotatable bonds is 38. The van der Waals surface area contributed by atoms with E-state index in [2.05, 4.69) is 13.8 Å². The Hall–Kier alpha value is -1.19. The van der Waals surface area contributed by atoms with Gasteiger partial charge < -0.3 is 14.9 Å². The fraction of sp³-hybridized carbons (Fsp3) is 0.950. The zero-order valence-corrected chi connectivity index (χ0v) is 32.9. The van der Waals surface area contributed by atoms with Crippen LogP contribution in [0.1, 0.15) is 226 Å². The Bertz CT molecular complexity index is 768. The Kier molecular flexibility index (Phi) is 40.3. The lowest BCUT2D eigenvalue weighted by molar-refractivity contribution is -0.143. The SMILES string of the molecule is CCCCCCCCCCCCCCCCCCOCCCCCCCCCCCCCCCCCC.O=C(O)CC(C(=O)O)S(=O)(=O)O. The van der Waals surface area contributed by atoms with E-state index in [0.29, 0.717) is 0 Å². The average Bonchev–Trinajstić information content (AvgIpc) is 3.05. The van der Waals surface area contributed by atoms with Gasteiger partial charge in [-0.15, -0.1) is 0 Å². The fourth-order valence-corrected chi connectivity index (χ4v) is 6.69. The fourth-order valence-electron chi connectivity index (χ4n) is 6.09. The molecule has 0 rings (SSSR count). The minimum Gasteiger partial charge on any atom is -0.481 e. The summed E-state index contributed by atoms with van der Waals surface area (Å²) < 4.78 is 34.5. The van der Waals surface area contributed by atoms with Gasteiger partial charge in [0, 0.05) is 13.2 Å². The Morgan fingerprint density at radius 1 is 0.449 bits per heavy atom. The topological polar surface area (TPSA) is 138 Å². The van der Waals surface area contributed by atoms with Crippen LogP contribution in [0.5, 0.6) is 0 Å². The zero-order valence-electron chi connectivity index (χ0n) is 32.1. The van der Waals surface area contributed by atoms with Crippen LogP contribution in [-0.2, 0) is 24.4 Å². The Balaban J connectivity index is 0. The summed E-state index contributed by atoms with van der Waals surface area (Å²) in [4.78, 5) is 20.0. The number of hydrogen-bond donors (Lipinski definition) is 3. The molecule has 0 amide bonds. The standard InChI is InChI=1S/C36H74O.C4H6O7S/c1-3-5-7-9-11-13-15-17-19-21-23-25-27-29-31-33-35-37-36-34-32-30-28-26-24-22-20-18-16-14-12-10-8-6-4-2;5-3(6)1-2(4(7)8)12(9,10)11/h3-36H2,1-2H3;2H,1H2,(H,5,6)(H,7,8)(H,9,10,11). The third-order valence-electron chi connectivity index (χ3n) is 9.28. The summed E-state index contributed by atoms with van der Waals surface area (Å²) >= 11 is 0. The van der Waals surface area contributed by atoms with Gasteiger partial charge in [0.15, 0.2) is 5.25 Å². The molecule has 8 nitrogen and oxygen atoms in total. The van der Waals surface area contributed by atoms with Gasteiger partial charge >= 0.3 is 11.9 Å². The first kappa shape index (κ1) is 49.9. The van der Waals surface area contributed by atoms with Gasteiger partial charge in [-0.1, -0.05) is 206 Å². The molecule has 0 saturated carbocycles. The molecule has 0 aliphatic carbocycles. The largest absolute Gasteiger partial charge is 0.481 e. The molecule has 0 fully saturated rings. The second kappa shape index (κ2) is 39.6. The summed E-state index contributed by atoms with van der Waals surface area (Å²) in [7, 11) is -4.84. The number of carbonyl (C=O) groups is 2. The van der Waals surface area contributed by atoms with Gasteiger partial charge in [-0.25, -0.2) is 0 Å². The van der Waals surface area contributed by atoms with E-state index in [9.17, 15) is 18.0 Å². The monoisotopic (exact) mass is 721 g/mol. The van der Waals surface area contributed by atoms with Gasteiger partial charge in [-0.3, -0.25) is 14.1 Å². The van der Waals surface area contributed by atoms with Crippen molar-refractivity contribution in [3.8, 4) is 0 Å². The van der Waals surface area contributed by atoms with Crippen molar-refractivity contribution in [1.29, 1.82) is 0 Å². The quantitative estimate of drug-likeness (QED) is 0.0423. The molecule has 0 heterocycles. The summed E-state index contributed by atoms with van der Waals surface area (Å²) in [6.45, 7) is 6.60. The molecule has 1 unspecified atom stereocenters. The Morgan fingerprint density at radius 2 is 0.673 bits per heavy atom. The van der Waals surface area contributed by atoms with E-state index < -0.39 is 33.7 Å². The second-order valence-corrected chi connectivity index (χ2v) is 15.8. The number of carboxylic acid groups (broad SMARTS) is 2. The van der Waals surface area contributed by atoms with Crippen molar-refractivity contribution in [1.82, 2.24) is 0 Å². The number of ether oxygens (including phenoxy) is 1. The van der Waals surface area contributed by atoms with Crippen molar-refractivity contribution in [3.05, 3.63) is 0 Å². The molecule has 49 heavy (non-hydrogen) atoms. The molecule has 0 aromatic carbocycles. The molecule has 0 radical (unpaired) electrons. The van der Waals surface area contributed by atoms with Crippen LogP contribution in [0.2, 0.25) is 0 Å². The van der Waals surface area contributed by atoms with Crippen LogP contribution in [0.25, 0.3) is 0 Å². The highest BCUT2D eigenvalue weighted by molar-refractivity contribution is 7.87. The lowest BCUT2D eigenvalue weighted by atomic mass is 10.0. The minimum atomic E-state index is -4.84. The molecular formula is C40H80O8S. The summed E-state index contributed by atoms with van der Waals surface area (Å²) in [5, 5.41) is 13.9. The normalized spacial score (nSPS) is 12.1. The molecule has 3 N–H and O–H groups in total. The van der Waals surface area contributed by atoms with Gasteiger partial charge in [0.25, 0.3) is 10.1 Å². The van der Waals surface area contributed by atoms with Gasteiger partial charge in [-0.05, 0) is 12.8 Å². The highest BCUT2D eigenvalue weighted by atomic mass is 32.2. The van der Waals surface area contributed by atoms with Crippen LogP contribution < -0.4 is 0 Å². The number of carboxylic acids is 2. The molecule has 0 aromatic rings. The van der Waals surface area contributed by atoms with E-state index in [-0.39, 0.29) is 0 Å². The van der Waals surface area contributed by atoms with Crippen molar-refractivity contribution in [2.24, 2.45) is 0 Å². The van der Waals surface area contributed by atoms with Crippen molar-refractivity contribution < 1.29 is 37.5 Å². The van der Waals surface area contributed by atoms with Crippen molar-refractivity contribution in [3.63, 3.8) is 0 Å². The third-order valence-corrected chi connectivity index (χ3v) is 10.4. The number of hydrogen-bond acceptors (Lipinski definition) is 5. The average molecular weight is 721 g/mol. The van der Waals surface area contributed by atoms with Gasteiger partial charge in [0.1, 0.15) is 0 Å². The van der Waals surface area contributed by atoms with Crippen LogP contribution in [-0.4, -0.2) is 53.6 Å². The summed E-state index contributed by atoms with van der Waals surface area (Å²) in [5.74, 6) is -3.50. The molecule has 294 valence electrons. The lowest BCUT2D eigenvalue weighted by Gasteiger charge is -2.06. The Labute approximate surface area is 303 Å². The van der Waals surface area contributed by atoms with Crippen molar-refractivity contribution >= 4 is 22.1 Å². The maximum atomic E-state index is 10.2. The predicted molar refractivity (Wildman–Crippen MR) is 205 cm³/mol. The number of unbranched alkanes of at least 4 members (excludes halogenated alkanes) is 30. The van der Waals surface area contributed by atoms with E-state index in [1.165, 1.54) is 205 Å². The van der Waals surface area contributed by atoms with E-state index in [1.807, 2.05) is 0 Å². The van der Waals surface area contributed by atoms with Crippen LogP contribution in [0.3, 0.4) is 0 Å². The molecule has 0 aromatic heterocycles. The van der Waals surface area contributed by atoms with E-state index in [0.717, 1.165) is 13.2 Å². The molecule has 1 atom stereocenters. The summed E-state index contributed by atoms with van der Waals surface area (Å²) in [6, 6.07) is 0. The number of aliphatic carboxylic acids is 2. The van der Waals surface area contributed by atoms with Crippen LogP contribution in [0, 0.1) is 0 Å². The smallest absolute Gasteiger partial charge is 0.325 e. The lowest BCUT2D eigenvalue weighted by Crippen LogP contribution is -2.31. The molecule has 0 saturated heterocycles.